The summed E-state index contributed by atoms with van der Waals surface area (Å²) in [4.78, 5) is 11.8. The summed E-state index contributed by atoms with van der Waals surface area (Å²) < 4.78 is 1.80. The molecule has 2 amide bonds. The summed E-state index contributed by atoms with van der Waals surface area (Å²) in [5.74, 6) is 0.427. The molecule has 1 aromatic heterocycles. The molecule has 0 spiro atoms. The van der Waals surface area contributed by atoms with Crippen LogP contribution in [0.3, 0.4) is 0 Å². The predicted octanol–water partition coefficient (Wildman–Crippen LogP) is 2.12. The number of urea groups is 1. The van der Waals surface area contributed by atoms with Gasteiger partial charge in [-0.2, -0.15) is 5.10 Å². The van der Waals surface area contributed by atoms with Crippen LogP contribution in [0.15, 0.2) is 42.7 Å². The number of aromatic nitrogens is 2. The number of nitrogens with one attached hydrogen (secondary N) is 2. The van der Waals surface area contributed by atoms with Crippen LogP contribution in [0.2, 0.25) is 0 Å². The lowest BCUT2D eigenvalue weighted by atomic mass is 10.0. The molecule has 130 valence electrons. The molecule has 6 heteroatoms. The summed E-state index contributed by atoms with van der Waals surface area (Å²) in [5, 5.41) is 19.1. The van der Waals surface area contributed by atoms with Gasteiger partial charge in [0.1, 0.15) is 0 Å². The number of aliphatic hydroxyl groups is 1. The number of nitrogens with zero attached hydrogens (tertiary/aromatic N) is 2. The Morgan fingerprint density at radius 2 is 2.04 bits per heavy atom. The molecule has 2 rings (SSSR count). The van der Waals surface area contributed by atoms with Crippen LogP contribution in [-0.2, 0) is 6.42 Å². The van der Waals surface area contributed by atoms with Crippen LogP contribution < -0.4 is 10.6 Å². The van der Waals surface area contributed by atoms with E-state index in [-0.39, 0.29) is 18.7 Å². The lowest BCUT2D eigenvalue weighted by Crippen LogP contribution is -2.44. The molecule has 0 radical (unpaired) electrons. The van der Waals surface area contributed by atoms with Gasteiger partial charge >= 0.3 is 6.03 Å². The van der Waals surface area contributed by atoms with Crippen molar-refractivity contribution >= 4 is 6.03 Å². The Balaban J connectivity index is 1.74. The number of benzene rings is 1. The third-order valence-corrected chi connectivity index (χ3v) is 3.72. The highest BCUT2D eigenvalue weighted by Gasteiger charge is 2.12. The molecule has 0 bridgehead atoms. The van der Waals surface area contributed by atoms with E-state index in [0.717, 1.165) is 24.1 Å². The Bertz CT molecular complexity index is 608. The van der Waals surface area contributed by atoms with Gasteiger partial charge in [0.15, 0.2) is 0 Å². The van der Waals surface area contributed by atoms with E-state index < -0.39 is 0 Å². The average molecular weight is 330 g/mol. The molecule has 1 aromatic carbocycles. The van der Waals surface area contributed by atoms with Gasteiger partial charge in [-0.1, -0.05) is 26.0 Å². The summed E-state index contributed by atoms with van der Waals surface area (Å²) in [7, 11) is 0. The van der Waals surface area contributed by atoms with E-state index in [0.29, 0.717) is 12.5 Å². The van der Waals surface area contributed by atoms with Crippen LogP contribution in [0.4, 0.5) is 4.79 Å². The number of amides is 2. The zero-order valence-corrected chi connectivity index (χ0v) is 14.3. The van der Waals surface area contributed by atoms with Crippen molar-refractivity contribution in [3.63, 3.8) is 0 Å². The number of aliphatic hydroxyl groups excluding tert-OH is 1. The highest BCUT2D eigenvalue weighted by Crippen LogP contribution is 2.09. The number of hydrogen-bond donors (Lipinski definition) is 3. The van der Waals surface area contributed by atoms with Crippen LogP contribution in [0.1, 0.15) is 25.8 Å². The molecular formula is C18H26N4O2. The van der Waals surface area contributed by atoms with Crippen molar-refractivity contribution < 1.29 is 9.90 Å². The van der Waals surface area contributed by atoms with Gasteiger partial charge in [0, 0.05) is 18.9 Å². The summed E-state index contributed by atoms with van der Waals surface area (Å²) >= 11 is 0. The van der Waals surface area contributed by atoms with E-state index in [1.165, 1.54) is 0 Å². The lowest BCUT2D eigenvalue weighted by Gasteiger charge is -2.18. The molecule has 1 heterocycles. The first-order chi connectivity index (χ1) is 11.6. The fourth-order valence-corrected chi connectivity index (χ4v) is 2.54. The second kappa shape index (κ2) is 9.08. The van der Waals surface area contributed by atoms with E-state index in [2.05, 4.69) is 29.6 Å². The molecule has 0 saturated carbocycles. The monoisotopic (exact) mass is 330 g/mol. The SMILES string of the molecule is CC(C)CC(CO)NC(=O)NCCc1ccc(-n2cccn2)cc1. The molecule has 24 heavy (non-hydrogen) atoms. The molecule has 0 saturated heterocycles. The Hall–Kier alpha value is -2.34. The second-order valence-electron chi connectivity index (χ2n) is 6.28. The Kier molecular flexibility index (Phi) is 6.81. The minimum atomic E-state index is -0.233. The maximum Gasteiger partial charge on any atom is 0.315 e. The van der Waals surface area contributed by atoms with Crippen LogP contribution in [0.25, 0.3) is 5.69 Å². The predicted molar refractivity (Wildman–Crippen MR) is 94.1 cm³/mol. The third kappa shape index (κ3) is 5.70. The smallest absolute Gasteiger partial charge is 0.315 e. The molecule has 1 unspecified atom stereocenters. The standard InChI is InChI=1S/C18H26N4O2/c1-14(2)12-16(13-23)21-18(24)19-10-8-15-4-6-17(7-5-15)22-11-3-9-20-22/h3-7,9,11,14,16,23H,8,10,12-13H2,1-2H3,(H2,19,21,24). The van der Waals surface area contributed by atoms with Crippen molar-refractivity contribution in [3.05, 3.63) is 48.3 Å². The zero-order valence-electron chi connectivity index (χ0n) is 14.3. The Labute approximate surface area is 142 Å². The van der Waals surface area contributed by atoms with Gasteiger partial charge in [-0.3, -0.25) is 0 Å². The summed E-state index contributed by atoms with van der Waals surface area (Å²) in [6, 6.07) is 9.54. The van der Waals surface area contributed by atoms with Gasteiger partial charge in [0.25, 0.3) is 0 Å². The molecule has 6 nitrogen and oxygen atoms in total. The molecular weight excluding hydrogens is 304 g/mol. The summed E-state index contributed by atoms with van der Waals surface area (Å²) in [6.07, 6.45) is 5.16. The number of hydrogen-bond acceptors (Lipinski definition) is 3. The van der Waals surface area contributed by atoms with Crippen molar-refractivity contribution in [2.45, 2.75) is 32.7 Å². The highest BCUT2D eigenvalue weighted by atomic mass is 16.3. The van der Waals surface area contributed by atoms with Gasteiger partial charge in [0.2, 0.25) is 0 Å². The average Bonchev–Trinajstić information content (AvgIpc) is 3.09. The normalized spacial score (nSPS) is 12.2. The second-order valence-corrected chi connectivity index (χ2v) is 6.28. The van der Waals surface area contributed by atoms with Crippen molar-refractivity contribution in [2.24, 2.45) is 5.92 Å². The zero-order chi connectivity index (χ0) is 17.4. The molecule has 3 N–H and O–H groups in total. The van der Waals surface area contributed by atoms with E-state index in [1.54, 1.807) is 10.9 Å². The van der Waals surface area contributed by atoms with Crippen LogP contribution in [0, 0.1) is 5.92 Å². The van der Waals surface area contributed by atoms with E-state index in [9.17, 15) is 9.90 Å². The van der Waals surface area contributed by atoms with Crippen LogP contribution in [-0.4, -0.2) is 40.1 Å². The van der Waals surface area contributed by atoms with Gasteiger partial charge in [0.05, 0.1) is 18.3 Å². The molecule has 0 aliphatic rings. The molecule has 0 aliphatic heterocycles. The van der Waals surface area contributed by atoms with Crippen molar-refractivity contribution in [3.8, 4) is 5.69 Å². The van der Waals surface area contributed by atoms with Crippen LogP contribution in [0.5, 0.6) is 0 Å². The third-order valence-electron chi connectivity index (χ3n) is 3.72. The van der Waals surface area contributed by atoms with Gasteiger partial charge in [-0.15, -0.1) is 0 Å². The van der Waals surface area contributed by atoms with E-state index >= 15 is 0 Å². The maximum absolute atomic E-state index is 11.8. The summed E-state index contributed by atoms with van der Waals surface area (Å²) in [5.41, 5.74) is 2.15. The molecule has 0 fully saturated rings. The first-order valence-electron chi connectivity index (χ1n) is 8.32. The minimum Gasteiger partial charge on any atom is -0.394 e. The van der Waals surface area contributed by atoms with Crippen molar-refractivity contribution in [2.75, 3.05) is 13.2 Å². The van der Waals surface area contributed by atoms with Crippen molar-refractivity contribution in [1.29, 1.82) is 0 Å². The number of rotatable bonds is 8. The Morgan fingerprint density at radius 3 is 2.62 bits per heavy atom. The van der Waals surface area contributed by atoms with Gasteiger partial charge < -0.3 is 15.7 Å². The lowest BCUT2D eigenvalue weighted by molar-refractivity contribution is 0.207. The van der Waals surface area contributed by atoms with Crippen LogP contribution >= 0.6 is 0 Å². The van der Waals surface area contributed by atoms with Gasteiger partial charge in [-0.25, -0.2) is 9.48 Å². The summed E-state index contributed by atoms with van der Waals surface area (Å²) in [6.45, 7) is 4.64. The number of carbonyl (C=O) groups is 1. The van der Waals surface area contributed by atoms with Crippen molar-refractivity contribution in [1.82, 2.24) is 20.4 Å². The van der Waals surface area contributed by atoms with E-state index in [4.69, 9.17) is 0 Å². The molecule has 1 atom stereocenters. The minimum absolute atomic E-state index is 0.0412. The Morgan fingerprint density at radius 1 is 1.29 bits per heavy atom. The van der Waals surface area contributed by atoms with Gasteiger partial charge in [-0.05, 0) is 42.5 Å². The largest absolute Gasteiger partial charge is 0.394 e. The fraction of sp³-hybridized carbons (Fsp3) is 0.444. The fourth-order valence-electron chi connectivity index (χ4n) is 2.54. The molecule has 0 aliphatic carbocycles. The quantitative estimate of drug-likeness (QED) is 0.694. The maximum atomic E-state index is 11.8. The van der Waals surface area contributed by atoms with E-state index in [1.807, 2.05) is 36.5 Å². The highest BCUT2D eigenvalue weighted by molar-refractivity contribution is 5.74. The number of carbonyl (C=O) groups excluding carboxylic acids is 1. The first kappa shape index (κ1) is 18.0. The first-order valence-corrected chi connectivity index (χ1v) is 8.32. The molecule has 2 aromatic rings. The topological polar surface area (TPSA) is 79.2 Å².